The molecule has 7 nitrogen and oxygen atoms in total. The van der Waals surface area contributed by atoms with Gasteiger partial charge >= 0.3 is 0 Å². The molecule has 4 heterocycles. The number of benzene rings is 1. The van der Waals surface area contributed by atoms with E-state index >= 15 is 0 Å². The minimum atomic E-state index is 0.449. The number of aryl methyl sites for hydroxylation is 1. The Labute approximate surface area is 175 Å². The van der Waals surface area contributed by atoms with Crippen LogP contribution in [0.4, 0.5) is 0 Å². The van der Waals surface area contributed by atoms with Gasteiger partial charge in [-0.05, 0) is 37.9 Å². The average Bonchev–Trinajstić information content (AvgIpc) is 3.44. The van der Waals surface area contributed by atoms with Crippen molar-refractivity contribution in [1.29, 1.82) is 0 Å². The van der Waals surface area contributed by atoms with Crippen LogP contribution in [0.25, 0.3) is 33.6 Å². The molecule has 7 heteroatoms. The molecule has 30 heavy (non-hydrogen) atoms. The summed E-state index contributed by atoms with van der Waals surface area (Å²) >= 11 is 0. The monoisotopic (exact) mass is 399 g/mol. The second-order valence-corrected chi connectivity index (χ2v) is 8.02. The molecule has 0 spiro atoms. The fourth-order valence-corrected chi connectivity index (χ4v) is 4.07. The van der Waals surface area contributed by atoms with Crippen molar-refractivity contribution in [1.82, 2.24) is 34.8 Å². The molecule has 1 N–H and O–H groups in total. The minimum Gasteiger partial charge on any atom is -0.314 e. The van der Waals surface area contributed by atoms with Crippen molar-refractivity contribution in [3.05, 3.63) is 61.4 Å². The third-order valence-corrected chi connectivity index (χ3v) is 5.72. The molecule has 1 saturated heterocycles. The maximum Gasteiger partial charge on any atom is 0.159 e. The van der Waals surface area contributed by atoms with E-state index in [0.29, 0.717) is 17.9 Å². The van der Waals surface area contributed by atoms with Gasteiger partial charge in [-0.3, -0.25) is 9.36 Å². The van der Waals surface area contributed by atoms with Crippen molar-refractivity contribution < 1.29 is 0 Å². The molecule has 0 bridgehead atoms. The van der Waals surface area contributed by atoms with Gasteiger partial charge in [-0.15, -0.1) is 0 Å². The molecule has 5 rings (SSSR count). The second kappa shape index (κ2) is 7.84. The number of hydrogen-bond acceptors (Lipinski definition) is 5. The zero-order chi connectivity index (χ0) is 20.5. The first kappa shape index (κ1) is 18.7. The van der Waals surface area contributed by atoms with Crippen LogP contribution in [0.15, 0.2) is 61.4 Å². The Morgan fingerprint density at radius 2 is 1.67 bits per heavy atom. The molecule has 1 fully saturated rings. The van der Waals surface area contributed by atoms with E-state index in [1.165, 1.54) is 0 Å². The van der Waals surface area contributed by atoms with Crippen LogP contribution in [0.3, 0.4) is 0 Å². The van der Waals surface area contributed by atoms with Crippen LogP contribution >= 0.6 is 0 Å². The minimum absolute atomic E-state index is 0.449. The van der Waals surface area contributed by atoms with Crippen LogP contribution in [0.5, 0.6) is 0 Å². The summed E-state index contributed by atoms with van der Waals surface area (Å²) in [6.07, 6.45) is 13.9. The summed E-state index contributed by atoms with van der Waals surface area (Å²) in [5, 5.41) is 12.3. The molecule has 152 valence electrons. The highest BCUT2D eigenvalue weighted by Crippen LogP contribution is 2.27. The van der Waals surface area contributed by atoms with Gasteiger partial charge in [0.15, 0.2) is 5.82 Å². The van der Waals surface area contributed by atoms with E-state index in [1.54, 1.807) is 4.68 Å². The van der Waals surface area contributed by atoms with Gasteiger partial charge in [0, 0.05) is 60.1 Å². The van der Waals surface area contributed by atoms with Crippen molar-refractivity contribution in [2.24, 2.45) is 7.05 Å². The van der Waals surface area contributed by atoms with Gasteiger partial charge in [-0.1, -0.05) is 18.2 Å². The maximum atomic E-state index is 4.62. The smallest absolute Gasteiger partial charge is 0.159 e. The lowest BCUT2D eigenvalue weighted by Crippen LogP contribution is -2.36. The zero-order valence-corrected chi connectivity index (χ0v) is 17.2. The lowest BCUT2D eigenvalue weighted by atomic mass is 10.0. The Balaban J connectivity index is 1.36. The SMILES string of the molecule is C[C@H]1C[C@@H](n2cc(-c3cnc(-c4cccc(-c5cnn(C)c5)c4)nc3)cn2)CCN1. The second-order valence-electron chi connectivity index (χ2n) is 8.02. The normalized spacial score (nSPS) is 19.1. The Morgan fingerprint density at radius 3 is 2.43 bits per heavy atom. The van der Waals surface area contributed by atoms with Gasteiger partial charge in [0.1, 0.15) is 0 Å². The maximum absolute atomic E-state index is 4.62. The van der Waals surface area contributed by atoms with Crippen molar-refractivity contribution in [3.8, 4) is 33.6 Å². The first-order valence-corrected chi connectivity index (χ1v) is 10.3. The molecule has 1 aliphatic rings. The van der Waals surface area contributed by atoms with Gasteiger partial charge in [-0.2, -0.15) is 10.2 Å². The highest BCUT2D eigenvalue weighted by Gasteiger charge is 2.20. The third kappa shape index (κ3) is 3.76. The van der Waals surface area contributed by atoms with E-state index in [-0.39, 0.29) is 0 Å². The summed E-state index contributed by atoms with van der Waals surface area (Å²) in [7, 11) is 1.92. The number of piperidine rings is 1. The number of aromatic nitrogens is 6. The molecule has 2 atom stereocenters. The highest BCUT2D eigenvalue weighted by atomic mass is 15.3. The van der Waals surface area contributed by atoms with Gasteiger partial charge < -0.3 is 5.32 Å². The van der Waals surface area contributed by atoms with E-state index in [2.05, 4.69) is 55.4 Å². The molecule has 3 aromatic heterocycles. The fourth-order valence-electron chi connectivity index (χ4n) is 4.07. The molecule has 0 unspecified atom stereocenters. The largest absolute Gasteiger partial charge is 0.314 e. The van der Waals surface area contributed by atoms with Crippen molar-refractivity contribution in [2.75, 3.05) is 6.54 Å². The predicted molar refractivity (Wildman–Crippen MR) is 117 cm³/mol. The van der Waals surface area contributed by atoms with Gasteiger partial charge in [-0.25, -0.2) is 9.97 Å². The number of nitrogens with one attached hydrogen (secondary N) is 1. The summed E-state index contributed by atoms with van der Waals surface area (Å²) in [5.74, 6) is 0.712. The molecule has 0 saturated carbocycles. The van der Waals surface area contributed by atoms with Crippen LogP contribution in [0.2, 0.25) is 0 Å². The number of hydrogen-bond donors (Lipinski definition) is 1. The van der Waals surface area contributed by atoms with Crippen molar-refractivity contribution in [2.45, 2.75) is 31.8 Å². The quantitative estimate of drug-likeness (QED) is 0.566. The van der Waals surface area contributed by atoms with Gasteiger partial charge in [0.2, 0.25) is 0 Å². The van der Waals surface area contributed by atoms with Crippen LogP contribution in [-0.4, -0.2) is 42.1 Å². The molecule has 1 aromatic carbocycles. The van der Waals surface area contributed by atoms with E-state index in [4.69, 9.17) is 0 Å². The lowest BCUT2D eigenvalue weighted by Gasteiger charge is -2.28. The van der Waals surface area contributed by atoms with Gasteiger partial charge in [0.25, 0.3) is 0 Å². The Morgan fingerprint density at radius 1 is 0.900 bits per heavy atom. The highest BCUT2D eigenvalue weighted by molar-refractivity contribution is 5.70. The van der Waals surface area contributed by atoms with Crippen LogP contribution in [-0.2, 0) is 7.05 Å². The van der Waals surface area contributed by atoms with Gasteiger partial charge in [0.05, 0.1) is 18.4 Å². The fraction of sp³-hybridized carbons (Fsp3) is 0.304. The Kier molecular flexibility index (Phi) is 4.88. The summed E-state index contributed by atoms with van der Waals surface area (Å²) in [6.45, 7) is 3.27. The summed E-state index contributed by atoms with van der Waals surface area (Å²) in [6, 6.07) is 9.21. The van der Waals surface area contributed by atoms with E-state index < -0.39 is 0 Å². The van der Waals surface area contributed by atoms with Crippen LogP contribution in [0.1, 0.15) is 25.8 Å². The topological polar surface area (TPSA) is 73.5 Å². The molecule has 1 aliphatic heterocycles. The van der Waals surface area contributed by atoms with E-state index in [9.17, 15) is 0 Å². The molecule has 4 aromatic rings. The first-order valence-electron chi connectivity index (χ1n) is 10.3. The van der Waals surface area contributed by atoms with Crippen molar-refractivity contribution >= 4 is 0 Å². The molecule has 0 aliphatic carbocycles. The standard InChI is InChI=1S/C23H25N7/c1-16-8-22(6-7-24-16)30-15-21(13-28-30)19-10-25-23(26-11-19)18-5-3-4-17(9-18)20-12-27-29(2)14-20/h3-5,9-16,22,24H,6-8H2,1-2H3/t16-,22-/m0/s1. The molecule has 0 amide bonds. The first-order chi connectivity index (χ1) is 14.7. The lowest BCUT2D eigenvalue weighted by molar-refractivity contribution is 0.295. The number of rotatable bonds is 4. The van der Waals surface area contributed by atoms with E-state index in [1.807, 2.05) is 50.2 Å². The summed E-state index contributed by atoms with van der Waals surface area (Å²) < 4.78 is 3.90. The Bertz CT molecular complexity index is 1140. The third-order valence-electron chi connectivity index (χ3n) is 5.72. The average molecular weight is 400 g/mol. The molecular weight excluding hydrogens is 374 g/mol. The molecular formula is C23H25N7. The number of nitrogens with zero attached hydrogens (tertiary/aromatic N) is 6. The van der Waals surface area contributed by atoms with E-state index in [0.717, 1.165) is 47.2 Å². The van der Waals surface area contributed by atoms with Crippen LogP contribution < -0.4 is 5.32 Å². The summed E-state index contributed by atoms with van der Waals surface area (Å²) in [5.41, 5.74) is 5.20. The van der Waals surface area contributed by atoms with Crippen LogP contribution in [0, 0.1) is 0 Å². The molecule has 0 radical (unpaired) electrons. The Hall–Kier alpha value is -3.32. The summed E-state index contributed by atoms with van der Waals surface area (Å²) in [4.78, 5) is 9.24. The van der Waals surface area contributed by atoms with Crippen molar-refractivity contribution in [3.63, 3.8) is 0 Å². The zero-order valence-electron chi connectivity index (χ0n) is 17.2. The predicted octanol–water partition coefficient (Wildman–Crippen LogP) is 3.72.